The second-order valence-corrected chi connectivity index (χ2v) is 4.90. The van der Waals surface area contributed by atoms with Gasteiger partial charge < -0.3 is 9.84 Å². The van der Waals surface area contributed by atoms with Crippen LogP contribution in [0.1, 0.15) is 41.7 Å². The normalized spacial score (nSPS) is 30.0. The zero-order chi connectivity index (χ0) is 12.8. The molecular formula is C13H13NO4. The van der Waals surface area contributed by atoms with Crippen molar-refractivity contribution in [1.82, 2.24) is 4.98 Å². The molecule has 0 atom stereocenters. The molecule has 1 aromatic heterocycles. The van der Waals surface area contributed by atoms with Gasteiger partial charge in [-0.15, -0.1) is 0 Å². The van der Waals surface area contributed by atoms with Crippen LogP contribution in [0.25, 0.3) is 0 Å². The van der Waals surface area contributed by atoms with Crippen molar-refractivity contribution in [3.8, 4) is 0 Å². The SMILES string of the molecule is O=C1OC2(CCC(C(=O)O)CC2)c2cccnc21. The summed E-state index contributed by atoms with van der Waals surface area (Å²) in [4.78, 5) is 26.8. The first-order valence-electron chi connectivity index (χ1n) is 6.04. The summed E-state index contributed by atoms with van der Waals surface area (Å²) < 4.78 is 5.49. The van der Waals surface area contributed by atoms with Gasteiger partial charge in [-0.05, 0) is 31.7 Å². The van der Waals surface area contributed by atoms with Crippen LogP contribution in [0.3, 0.4) is 0 Å². The lowest BCUT2D eigenvalue weighted by atomic mass is 9.75. The number of carbonyl (C=O) groups is 2. The van der Waals surface area contributed by atoms with E-state index in [4.69, 9.17) is 9.84 Å². The van der Waals surface area contributed by atoms with Crippen molar-refractivity contribution >= 4 is 11.9 Å². The molecular weight excluding hydrogens is 234 g/mol. The fourth-order valence-electron chi connectivity index (χ4n) is 2.92. The molecule has 1 aliphatic carbocycles. The van der Waals surface area contributed by atoms with Crippen LogP contribution < -0.4 is 0 Å². The highest BCUT2D eigenvalue weighted by Crippen LogP contribution is 2.47. The van der Waals surface area contributed by atoms with Gasteiger partial charge in [-0.2, -0.15) is 0 Å². The Balaban J connectivity index is 1.91. The van der Waals surface area contributed by atoms with Gasteiger partial charge in [-0.1, -0.05) is 6.07 Å². The molecule has 2 heterocycles. The van der Waals surface area contributed by atoms with Gasteiger partial charge in [0.15, 0.2) is 5.69 Å². The molecule has 1 fully saturated rings. The molecule has 0 saturated heterocycles. The summed E-state index contributed by atoms with van der Waals surface area (Å²) in [5.74, 6) is -1.48. The van der Waals surface area contributed by atoms with E-state index < -0.39 is 11.6 Å². The summed E-state index contributed by atoms with van der Waals surface area (Å²) in [5.41, 5.74) is 0.567. The Kier molecular flexibility index (Phi) is 2.36. The summed E-state index contributed by atoms with van der Waals surface area (Å²) in [7, 11) is 0. The summed E-state index contributed by atoms with van der Waals surface area (Å²) >= 11 is 0. The van der Waals surface area contributed by atoms with Crippen molar-refractivity contribution in [1.29, 1.82) is 0 Å². The second-order valence-electron chi connectivity index (χ2n) is 4.90. The van der Waals surface area contributed by atoms with E-state index in [1.165, 1.54) is 0 Å². The summed E-state index contributed by atoms with van der Waals surface area (Å²) in [6, 6.07) is 3.64. The van der Waals surface area contributed by atoms with Crippen LogP contribution in [0.4, 0.5) is 0 Å². The van der Waals surface area contributed by atoms with Gasteiger partial charge in [-0.3, -0.25) is 4.79 Å². The number of aromatic nitrogens is 1. The molecule has 94 valence electrons. The third kappa shape index (κ3) is 1.50. The van der Waals surface area contributed by atoms with Gasteiger partial charge >= 0.3 is 11.9 Å². The van der Waals surface area contributed by atoms with E-state index >= 15 is 0 Å². The fraction of sp³-hybridized carbons (Fsp3) is 0.462. The minimum atomic E-state index is -0.763. The summed E-state index contributed by atoms with van der Waals surface area (Å²) in [5, 5.41) is 9.00. The molecule has 5 heteroatoms. The minimum absolute atomic E-state index is 0.324. The Hall–Kier alpha value is -1.91. The molecule has 18 heavy (non-hydrogen) atoms. The van der Waals surface area contributed by atoms with Gasteiger partial charge in [-0.25, -0.2) is 9.78 Å². The predicted octanol–water partition coefficient (Wildman–Crippen LogP) is 1.72. The molecule has 2 aliphatic rings. The maximum absolute atomic E-state index is 11.8. The molecule has 0 radical (unpaired) electrons. The van der Waals surface area contributed by atoms with Crippen molar-refractivity contribution in [2.45, 2.75) is 31.3 Å². The first-order chi connectivity index (χ1) is 8.62. The smallest absolute Gasteiger partial charge is 0.358 e. The number of aliphatic carboxylic acids is 1. The Morgan fingerprint density at radius 3 is 2.83 bits per heavy atom. The molecule has 0 bridgehead atoms. The van der Waals surface area contributed by atoms with Crippen LogP contribution >= 0.6 is 0 Å². The number of hydrogen-bond donors (Lipinski definition) is 1. The number of nitrogens with zero attached hydrogens (tertiary/aromatic N) is 1. The molecule has 3 rings (SSSR count). The predicted molar refractivity (Wildman–Crippen MR) is 60.9 cm³/mol. The fourth-order valence-corrected chi connectivity index (χ4v) is 2.92. The zero-order valence-corrected chi connectivity index (χ0v) is 9.76. The highest BCUT2D eigenvalue weighted by atomic mass is 16.6. The van der Waals surface area contributed by atoms with E-state index in [2.05, 4.69) is 4.98 Å². The Labute approximate surface area is 104 Å². The van der Waals surface area contributed by atoms with E-state index in [1.54, 1.807) is 12.3 Å². The number of carboxylic acid groups (broad SMARTS) is 1. The molecule has 0 unspecified atom stereocenters. The molecule has 0 aromatic carbocycles. The quantitative estimate of drug-likeness (QED) is 0.764. The minimum Gasteiger partial charge on any atom is -0.481 e. The lowest BCUT2D eigenvalue weighted by molar-refractivity contribution is -0.144. The molecule has 1 saturated carbocycles. The van der Waals surface area contributed by atoms with Gasteiger partial charge in [0, 0.05) is 11.8 Å². The molecule has 1 aliphatic heterocycles. The van der Waals surface area contributed by atoms with Crippen molar-refractivity contribution in [3.05, 3.63) is 29.6 Å². The number of fused-ring (bicyclic) bond motifs is 2. The van der Waals surface area contributed by atoms with Gasteiger partial charge in [0.05, 0.1) is 5.92 Å². The summed E-state index contributed by atoms with van der Waals surface area (Å²) in [6.07, 6.45) is 3.78. The first-order valence-corrected chi connectivity index (χ1v) is 6.04. The number of hydrogen-bond acceptors (Lipinski definition) is 4. The molecule has 5 nitrogen and oxygen atoms in total. The lowest BCUT2D eigenvalue weighted by Crippen LogP contribution is -2.34. The number of pyridine rings is 1. The van der Waals surface area contributed by atoms with Crippen molar-refractivity contribution < 1.29 is 19.4 Å². The summed E-state index contributed by atoms with van der Waals surface area (Å²) in [6.45, 7) is 0. The van der Waals surface area contributed by atoms with Gasteiger partial charge in [0.1, 0.15) is 5.60 Å². The highest BCUT2D eigenvalue weighted by molar-refractivity contribution is 5.92. The Morgan fingerprint density at radius 2 is 2.17 bits per heavy atom. The number of rotatable bonds is 1. The van der Waals surface area contributed by atoms with Crippen molar-refractivity contribution in [2.75, 3.05) is 0 Å². The third-order valence-electron chi connectivity index (χ3n) is 3.92. The first kappa shape index (κ1) is 11.2. The average Bonchev–Trinajstić information content (AvgIpc) is 2.64. The Bertz CT molecular complexity index is 517. The third-order valence-corrected chi connectivity index (χ3v) is 3.92. The van der Waals surface area contributed by atoms with Crippen molar-refractivity contribution in [3.63, 3.8) is 0 Å². The number of ether oxygens (including phenoxy) is 1. The van der Waals surface area contributed by atoms with E-state index in [0.29, 0.717) is 31.4 Å². The van der Waals surface area contributed by atoms with E-state index in [0.717, 1.165) is 5.56 Å². The molecule has 1 aromatic rings. The standard InChI is InChI=1S/C13H13NO4/c15-11(16)8-3-5-13(6-4-8)9-2-1-7-14-10(9)12(17)18-13/h1-2,7-8H,3-6H2,(H,15,16). The zero-order valence-electron chi connectivity index (χ0n) is 9.76. The van der Waals surface area contributed by atoms with Crippen LogP contribution in [-0.2, 0) is 15.1 Å². The number of carboxylic acids is 1. The molecule has 1 N–H and O–H groups in total. The topological polar surface area (TPSA) is 76.5 Å². The largest absolute Gasteiger partial charge is 0.481 e. The van der Waals surface area contributed by atoms with Crippen LogP contribution in [0, 0.1) is 5.92 Å². The van der Waals surface area contributed by atoms with E-state index in [1.807, 2.05) is 6.07 Å². The monoisotopic (exact) mass is 247 g/mol. The van der Waals surface area contributed by atoms with Crippen LogP contribution in [0.2, 0.25) is 0 Å². The van der Waals surface area contributed by atoms with Crippen LogP contribution in [0.15, 0.2) is 18.3 Å². The lowest BCUT2D eigenvalue weighted by Gasteiger charge is -2.34. The van der Waals surface area contributed by atoms with Crippen LogP contribution in [0.5, 0.6) is 0 Å². The van der Waals surface area contributed by atoms with Gasteiger partial charge in [0.25, 0.3) is 0 Å². The van der Waals surface area contributed by atoms with Crippen molar-refractivity contribution in [2.24, 2.45) is 5.92 Å². The highest BCUT2D eigenvalue weighted by Gasteiger charge is 2.49. The van der Waals surface area contributed by atoms with Crippen LogP contribution in [-0.4, -0.2) is 22.0 Å². The molecule has 1 spiro atoms. The second kappa shape index (κ2) is 3.80. The number of carbonyl (C=O) groups excluding carboxylic acids is 1. The van der Waals surface area contributed by atoms with Gasteiger partial charge in [0.2, 0.25) is 0 Å². The Morgan fingerprint density at radius 1 is 1.44 bits per heavy atom. The number of esters is 1. The maximum atomic E-state index is 11.8. The maximum Gasteiger partial charge on any atom is 0.358 e. The molecule has 0 amide bonds. The van der Waals surface area contributed by atoms with E-state index in [9.17, 15) is 9.59 Å². The van der Waals surface area contributed by atoms with E-state index in [-0.39, 0.29) is 11.9 Å². The average molecular weight is 247 g/mol.